The summed E-state index contributed by atoms with van der Waals surface area (Å²) < 4.78 is 27.5. The summed E-state index contributed by atoms with van der Waals surface area (Å²) in [7, 11) is -3.55. The zero-order valence-corrected chi connectivity index (χ0v) is 14.2. The molecule has 1 aliphatic rings. The summed E-state index contributed by atoms with van der Waals surface area (Å²) in [6, 6.07) is 9.57. The first-order valence-electron chi connectivity index (χ1n) is 8.20. The van der Waals surface area contributed by atoms with Crippen LogP contribution in [-0.2, 0) is 10.0 Å². The number of fused-ring (bicyclic) bond motifs is 1. The van der Waals surface area contributed by atoms with Crippen LogP contribution in [0.4, 0.5) is 0 Å². The molecule has 1 aromatic carbocycles. The fourth-order valence-corrected chi connectivity index (χ4v) is 4.64. The lowest BCUT2D eigenvalue weighted by Crippen LogP contribution is -2.35. The minimum atomic E-state index is -3.55. The molecule has 3 rings (SSSR count). The van der Waals surface area contributed by atoms with Gasteiger partial charge in [-0.2, -0.15) is 4.31 Å². The van der Waals surface area contributed by atoms with E-state index in [0.29, 0.717) is 18.5 Å². The van der Waals surface area contributed by atoms with Crippen LogP contribution in [0.2, 0.25) is 0 Å². The second-order valence-corrected chi connectivity index (χ2v) is 7.85. The van der Waals surface area contributed by atoms with Crippen molar-refractivity contribution < 1.29 is 8.42 Å². The molecule has 23 heavy (non-hydrogen) atoms. The van der Waals surface area contributed by atoms with Crippen molar-refractivity contribution in [1.82, 2.24) is 14.6 Å². The maximum Gasteiger partial charge on any atom is 0.261 e. The molecule has 0 amide bonds. The Hall–Kier alpha value is -1.50. The molecule has 2 heterocycles. The van der Waals surface area contributed by atoms with Crippen molar-refractivity contribution in [1.29, 1.82) is 0 Å². The zero-order chi connectivity index (χ0) is 16.3. The number of sulfonamides is 1. The predicted molar refractivity (Wildman–Crippen MR) is 91.8 cm³/mol. The topological polar surface area (TPSA) is 62.3 Å². The van der Waals surface area contributed by atoms with Gasteiger partial charge in [0.25, 0.3) is 10.0 Å². The summed E-state index contributed by atoms with van der Waals surface area (Å²) in [5, 5.41) is 5.21. The normalized spacial score (nSPS) is 19.4. The molecule has 0 spiro atoms. The summed E-state index contributed by atoms with van der Waals surface area (Å²) in [6.45, 7) is 4.18. The Morgan fingerprint density at radius 2 is 2.13 bits per heavy atom. The number of pyridine rings is 1. The molecule has 1 N–H and O–H groups in total. The molecule has 0 saturated carbocycles. The van der Waals surface area contributed by atoms with E-state index < -0.39 is 10.0 Å². The standard InChI is InChI=1S/C17H23N3O2S/c1-2-3-10-18-15-9-12-20(13-15)23(21,22)17-16-7-5-4-6-14(16)8-11-19-17/h4-8,11,15,18H,2-3,9-10,12-13H2,1H3. The van der Waals surface area contributed by atoms with E-state index in [1.165, 1.54) is 0 Å². The van der Waals surface area contributed by atoms with Crippen molar-refractivity contribution in [2.24, 2.45) is 0 Å². The Labute approximate surface area is 137 Å². The monoisotopic (exact) mass is 333 g/mol. The predicted octanol–water partition coefficient (Wildman–Crippen LogP) is 2.39. The molecule has 1 atom stereocenters. The number of aromatic nitrogens is 1. The van der Waals surface area contributed by atoms with Crippen LogP contribution in [0.3, 0.4) is 0 Å². The number of rotatable bonds is 6. The van der Waals surface area contributed by atoms with Gasteiger partial charge in [0.2, 0.25) is 0 Å². The van der Waals surface area contributed by atoms with Gasteiger partial charge in [0.05, 0.1) is 0 Å². The van der Waals surface area contributed by atoms with E-state index in [1.54, 1.807) is 10.5 Å². The highest BCUT2D eigenvalue weighted by atomic mass is 32.2. The summed E-state index contributed by atoms with van der Waals surface area (Å²) in [6.07, 6.45) is 4.69. The van der Waals surface area contributed by atoms with Crippen LogP contribution < -0.4 is 5.32 Å². The Morgan fingerprint density at radius 3 is 2.96 bits per heavy atom. The van der Waals surface area contributed by atoms with Crippen molar-refractivity contribution in [2.45, 2.75) is 37.3 Å². The van der Waals surface area contributed by atoms with Crippen LogP contribution in [-0.4, -0.2) is 43.4 Å². The minimum absolute atomic E-state index is 0.171. The van der Waals surface area contributed by atoms with Gasteiger partial charge in [-0.25, -0.2) is 13.4 Å². The Balaban J connectivity index is 1.82. The van der Waals surface area contributed by atoms with Gasteiger partial charge in [0, 0.05) is 30.7 Å². The maximum atomic E-state index is 13.0. The quantitative estimate of drug-likeness (QED) is 0.825. The first-order valence-corrected chi connectivity index (χ1v) is 9.64. The molecule has 5 nitrogen and oxygen atoms in total. The fourth-order valence-electron chi connectivity index (χ4n) is 3.02. The number of nitrogens with zero attached hydrogens (tertiary/aromatic N) is 2. The molecule has 2 aromatic rings. The van der Waals surface area contributed by atoms with Crippen LogP contribution in [0.15, 0.2) is 41.6 Å². The highest BCUT2D eigenvalue weighted by molar-refractivity contribution is 7.89. The van der Waals surface area contributed by atoms with E-state index in [0.717, 1.165) is 31.2 Å². The third-order valence-corrected chi connectivity index (χ3v) is 6.16. The van der Waals surface area contributed by atoms with E-state index >= 15 is 0 Å². The molecular weight excluding hydrogens is 310 g/mol. The van der Waals surface area contributed by atoms with E-state index in [2.05, 4.69) is 17.2 Å². The lowest BCUT2D eigenvalue weighted by atomic mass is 10.2. The van der Waals surface area contributed by atoms with Gasteiger partial charge in [-0.1, -0.05) is 37.6 Å². The number of benzene rings is 1. The Morgan fingerprint density at radius 1 is 1.30 bits per heavy atom. The Bertz CT molecular complexity index is 771. The molecule has 0 bridgehead atoms. The molecule has 1 unspecified atom stereocenters. The maximum absolute atomic E-state index is 13.0. The number of hydrogen-bond acceptors (Lipinski definition) is 4. The number of nitrogens with one attached hydrogen (secondary N) is 1. The first-order chi connectivity index (χ1) is 11.1. The summed E-state index contributed by atoms with van der Waals surface area (Å²) >= 11 is 0. The van der Waals surface area contributed by atoms with E-state index in [4.69, 9.17) is 0 Å². The van der Waals surface area contributed by atoms with Crippen molar-refractivity contribution in [3.63, 3.8) is 0 Å². The van der Waals surface area contributed by atoms with Gasteiger partial charge in [0.15, 0.2) is 5.03 Å². The summed E-state index contributed by atoms with van der Waals surface area (Å²) in [5.41, 5.74) is 0. The van der Waals surface area contributed by atoms with E-state index in [9.17, 15) is 8.42 Å². The first kappa shape index (κ1) is 16.4. The van der Waals surface area contributed by atoms with Crippen LogP contribution in [0.25, 0.3) is 10.8 Å². The minimum Gasteiger partial charge on any atom is -0.313 e. The highest BCUT2D eigenvalue weighted by Crippen LogP contribution is 2.26. The third-order valence-electron chi connectivity index (χ3n) is 4.34. The molecule has 124 valence electrons. The third kappa shape index (κ3) is 3.39. The zero-order valence-electron chi connectivity index (χ0n) is 13.4. The van der Waals surface area contributed by atoms with Gasteiger partial charge < -0.3 is 5.32 Å². The number of unbranched alkanes of at least 4 members (excludes halogenated alkanes) is 1. The summed E-state index contributed by atoms with van der Waals surface area (Å²) in [5.74, 6) is 0. The molecule has 1 aliphatic heterocycles. The van der Waals surface area contributed by atoms with Crippen molar-refractivity contribution in [3.8, 4) is 0 Å². The van der Waals surface area contributed by atoms with Gasteiger partial charge in [-0.3, -0.25) is 0 Å². The Kier molecular flexibility index (Phi) is 4.94. The van der Waals surface area contributed by atoms with Gasteiger partial charge in [-0.15, -0.1) is 0 Å². The molecule has 1 aromatic heterocycles. The van der Waals surface area contributed by atoms with Crippen molar-refractivity contribution in [2.75, 3.05) is 19.6 Å². The molecular formula is C17H23N3O2S. The largest absolute Gasteiger partial charge is 0.313 e. The van der Waals surface area contributed by atoms with E-state index in [1.807, 2.05) is 30.3 Å². The molecule has 1 saturated heterocycles. The number of hydrogen-bond donors (Lipinski definition) is 1. The van der Waals surface area contributed by atoms with Gasteiger partial charge in [-0.05, 0) is 30.8 Å². The molecule has 0 aliphatic carbocycles. The van der Waals surface area contributed by atoms with Crippen LogP contribution in [0, 0.1) is 0 Å². The van der Waals surface area contributed by atoms with Gasteiger partial charge in [0.1, 0.15) is 0 Å². The van der Waals surface area contributed by atoms with Crippen LogP contribution in [0.1, 0.15) is 26.2 Å². The lowest BCUT2D eigenvalue weighted by molar-refractivity contribution is 0.453. The summed E-state index contributed by atoms with van der Waals surface area (Å²) in [4.78, 5) is 4.17. The lowest BCUT2D eigenvalue weighted by Gasteiger charge is -2.17. The van der Waals surface area contributed by atoms with E-state index in [-0.39, 0.29) is 11.1 Å². The molecule has 1 fully saturated rings. The fraction of sp³-hybridized carbons (Fsp3) is 0.471. The van der Waals surface area contributed by atoms with Crippen LogP contribution >= 0.6 is 0 Å². The van der Waals surface area contributed by atoms with Crippen molar-refractivity contribution in [3.05, 3.63) is 36.5 Å². The van der Waals surface area contributed by atoms with Crippen LogP contribution in [0.5, 0.6) is 0 Å². The highest BCUT2D eigenvalue weighted by Gasteiger charge is 2.34. The smallest absolute Gasteiger partial charge is 0.261 e. The second kappa shape index (κ2) is 6.95. The van der Waals surface area contributed by atoms with Gasteiger partial charge >= 0.3 is 0 Å². The molecule has 0 radical (unpaired) electrons. The second-order valence-electron chi connectivity index (χ2n) is 5.99. The average Bonchev–Trinajstić information content (AvgIpc) is 3.04. The van der Waals surface area contributed by atoms with Crippen molar-refractivity contribution >= 4 is 20.8 Å². The SMILES string of the molecule is CCCCNC1CCN(S(=O)(=O)c2nccc3ccccc23)C1. The average molecular weight is 333 g/mol. The molecule has 6 heteroatoms.